The van der Waals surface area contributed by atoms with Gasteiger partial charge >= 0.3 is 6.55 Å². The minimum absolute atomic E-state index is 0.0255. The molecule has 3 aromatic rings. The fourth-order valence-corrected chi connectivity index (χ4v) is 2.39. The molecule has 0 saturated carbocycles. The zero-order valence-electron chi connectivity index (χ0n) is 14.4. The molecular formula is C16H16F2N6O3. The van der Waals surface area contributed by atoms with Gasteiger partial charge in [-0.05, 0) is 25.1 Å². The highest BCUT2D eigenvalue weighted by Crippen LogP contribution is 2.17. The lowest BCUT2D eigenvalue weighted by molar-refractivity contribution is 0.0540. The zero-order valence-corrected chi connectivity index (χ0v) is 14.4. The molecule has 2 N–H and O–H groups in total. The van der Waals surface area contributed by atoms with Crippen LogP contribution in [0.1, 0.15) is 39.0 Å². The van der Waals surface area contributed by atoms with Gasteiger partial charge in [-0.1, -0.05) is 0 Å². The van der Waals surface area contributed by atoms with Gasteiger partial charge in [-0.2, -0.15) is 19.0 Å². The van der Waals surface area contributed by atoms with Crippen molar-refractivity contribution in [2.45, 2.75) is 20.0 Å². The third-order valence-corrected chi connectivity index (χ3v) is 3.64. The van der Waals surface area contributed by atoms with Crippen LogP contribution in [0.2, 0.25) is 0 Å². The summed E-state index contributed by atoms with van der Waals surface area (Å²) in [5.74, 6) is -0.708. The maximum absolute atomic E-state index is 12.8. The predicted molar refractivity (Wildman–Crippen MR) is 89.3 cm³/mol. The number of nitrogens with zero attached hydrogens (tertiary/aromatic N) is 4. The Bertz CT molecular complexity index is 961. The number of hydrogen-bond donors (Lipinski definition) is 2. The van der Waals surface area contributed by atoms with Gasteiger partial charge in [0, 0.05) is 18.9 Å². The van der Waals surface area contributed by atoms with Crippen molar-refractivity contribution >= 4 is 17.5 Å². The normalized spacial score (nSPS) is 11.0. The number of furan rings is 1. The molecule has 0 fully saturated rings. The minimum atomic E-state index is -2.85. The Balaban J connectivity index is 1.74. The van der Waals surface area contributed by atoms with E-state index < -0.39 is 18.4 Å². The van der Waals surface area contributed by atoms with Crippen molar-refractivity contribution in [3.05, 3.63) is 53.5 Å². The number of amides is 2. The Morgan fingerprint density at radius 2 is 2.07 bits per heavy atom. The number of anilines is 1. The molecule has 9 nitrogen and oxygen atoms in total. The molecule has 0 aliphatic heterocycles. The fourth-order valence-electron chi connectivity index (χ4n) is 2.39. The molecule has 3 heterocycles. The number of aryl methyl sites for hydroxylation is 2. The number of halogens is 2. The molecule has 0 spiro atoms. The Kier molecular flexibility index (Phi) is 5.01. The fraction of sp³-hybridized carbons (Fsp3) is 0.250. The van der Waals surface area contributed by atoms with Crippen LogP contribution in [0, 0.1) is 6.92 Å². The van der Waals surface area contributed by atoms with Crippen molar-refractivity contribution in [1.29, 1.82) is 0 Å². The summed E-state index contributed by atoms with van der Waals surface area (Å²) >= 11 is 0. The van der Waals surface area contributed by atoms with E-state index in [2.05, 4.69) is 20.8 Å². The van der Waals surface area contributed by atoms with E-state index >= 15 is 0 Å². The number of aromatic nitrogens is 4. The summed E-state index contributed by atoms with van der Waals surface area (Å²) in [6.45, 7) is -1.30. The Labute approximate surface area is 151 Å². The second-order valence-electron chi connectivity index (χ2n) is 5.67. The van der Waals surface area contributed by atoms with Crippen molar-refractivity contribution in [2.75, 3.05) is 5.32 Å². The van der Waals surface area contributed by atoms with Crippen LogP contribution < -0.4 is 10.6 Å². The molecule has 0 saturated heterocycles. The number of hydrogen-bond acceptors (Lipinski definition) is 5. The number of rotatable bonds is 6. The maximum atomic E-state index is 12.8. The van der Waals surface area contributed by atoms with E-state index in [9.17, 15) is 18.4 Å². The second kappa shape index (κ2) is 7.40. The van der Waals surface area contributed by atoms with E-state index in [0.29, 0.717) is 10.4 Å². The third-order valence-electron chi connectivity index (χ3n) is 3.64. The summed E-state index contributed by atoms with van der Waals surface area (Å²) in [5, 5.41) is 12.7. The van der Waals surface area contributed by atoms with E-state index in [0.717, 1.165) is 0 Å². The number of carbonyl (C=O) groups is 2. The summed E-state index contributed by atoms with van der Waals surface area (Å²) in [5.41, 5.74) is 0.0439. The van der Waals surface area contributed by atoms with E-state index in [1.54, 1.807) is 19.2 Å². The third kappa shape index (κ3) is 4.02. The van der Waals surface area contributed by atoms with Gasteiger partial charge in [-0.25, -0.2) is 4.68 Å². The number of nitrogens with one attached hydrogen (secondary N) is 2. The monoisotopic (exact) mass is 378 g/mol. The van der Waals surface area contributed by atoms with Gasteiger partial charge in [0.15, 0.2) is 11.4 Å². The van der Waals surface area contributed by atoms with Gasteiger partial charge in [0.05, 0.1) is 18.5 Å². The number of carbonyl (C=O) groups excluding carboxylic acids is 2. The van der Waals surface area contributed by atoms with Crippen molar-refractivity contribution in [3.8, 4) is 0 Å². The molecule has 0 aliphatic carbocycles. The molecule has 0 bridgehead atoms. The lowest BCUT2D eigenvalue weighted by atomic mass is 10.3. The lowest BCUT2D eigenvalue weighted by Crippen LogP contribution is -2.25. The zero-order chi connectivity index (χ0) is 19.6. The van der Waals surface area contributed by atoms with Crippen LogP contribution in [0.5, 0.6) is 0 Å². The molecule has 0 radical (unpaired) electrons. The first kappa shape index (κ1) is 18.3. The van der Waals surface area contributed by atoms with Crippen molar-refractivity contribution < 1.29 is 22.8 Å². The molecule has 3 aromatic heterocycles. The van der Waals surface area contributed by atoms with Gasteiger partial charge in [0.2, 0.25) is 0 Å². The van der Waals surface area contributed by atoms with Crippen molar-refractivity contribution in [1.82, 2.24) is 24.9 Å². The SMILES string of the molecule is Cc1cc(C(=O)Nc2cn(C)nc2C(=O)NCc2ccco2)nn1C(F)F. The Hall–Kier alpha value is -3.50. The van der Waals surface area contributed by atoms with E-state index in [4.69, 9.17) is 4.42 Å². The molecule has 0 aromatic carbocycles. The summed E-state index contributed by atoms with van der Waals surface area (Å²) in [6, 6.07) is 4.62. The summed E-state index contributed by atoms with van der Waals surface area (Å²) in [6.07, 6.45) is 2.91. The highest BCUT2D eigenvalue weighted by atomic mass is 19.3. The Morgan fingerprint density at radius 1 is 1.30 bits per heavy atom. The van der Waals surface area contributed by atoms with Crippen molar-refractivity contribution in [2.24, 2.45) is 7.05 Å². The molecule has 2 amide bonds. The first-order valence-corrected chi connectivity index (χ1v) is 7.85. The topological polar surface area (TPSA) is 107 Å². The first-order chi connectivity index (χ1) is 12.8. The van der Waals surface area contributed by atoms with Crippen LogP contribution in [-0.4, -0.2) is 31.4 Å². The van der Waals surface area contributed by atoms with Crippen LogP contribution in [-0.2, 0) is 13.6 Å². The molecule has 27 heavy (non-hydrogen) atoms. The van der Waals surface area contributed by atoms with Crippen LogP contribution in [0.4, 0.5) is 14.5 Å². The first-order valence-electron chi connectivity index (χ1n) is 7.85. The summed E-state index contributed by atoms with van der Waals surface area (Å²) < 4.78 is 32.5. The molecule has 0 unspecified atom stereocenters. The molecule has 0 atom stereocenters. The largest absolute Gasteiger partial charge is 0.467 e. The minimum Gasteiger partial charge on any atom is -0.467 e. The summed E-state index contributed by atoms with van der Waals surface area (Å²) in [7, 11) is 1.58. The van der Waals surface area contributed by atoms with Crippen LogP contribution in [0.3, 0.4) is 0 Å². The molecule has 0 aliphatic rings. The van der Waals surface area contributed by atoms with Gasteiger partial charge in [-0.3, -0.25) is 14.3 Å². The average molecular weight is 378 g/mol. The van der Waals surface area contributed by atoms with Crippen LogP contribution in [0.25, 0.3) is 0 Å². The highest BCUT2D eigenvalue weighted by Gasteiger charge is 2.21. The Morgan fingerprint density at radius 3 is 2.70 bits per heavy atom. The van der Waals surface area contributed by atoms with Crippen LogP contribution in [0.15, 0.2) is 35.1 Å². The van der Waals surface area contributed by atoms with Gasteiger partial charge in [0.25, 0.3) is 11.8 Å². The van der Waals surface area contributed by atoms with Crippen molar-refractivity contribution in [3.63, 3.8) is 0 Å². The standard InChI is InChI=1S/C16H16F2N6O3/c1-9-6-11(21-24(9)16(17)18)14(25)20-12-8-23(2)22-13(12)15(26)19-7-10-4-3-5-27-10/h3-6,8,16H,7H2,1-2H3,(H,19,26)(H,20,25). The molecule has 11 heteroatoms. The van der Waals surface area contributed by atoms with Gasteiger partial charge < -0.3 is 15.1 Å². The number of alkyl halides is 2. The predicted octanol–water partition coefficient (Wildman–Crippen LogP) is 2.10. The van der Waals surface area contributed by atoms with Gasteiger partial charge in [0.1, 0.15) is 5.76 Å². The maximum Gasteiger partial charge on any atom is 0.333 e. The van der Waals surface area contributed by atoms with E-state index in [1.165, 1.54) is 30.1 Å². The second-order valence-corrected chi connectivity index (χ2v) is 5.67. The van der Waals surface area contributed by atoms with Crippen LogP contribution >= 0.6 is 0 Å². The lowest BCUT2D eigenvalue weighted by Gasteiger charge is -2.04. The highest BCUT2D eigenvalue weighted by molar-refractivity contribution is 6.07. The van der Waals surface area contributed by atoms with E-state index in [1.807, 2.05) is 0 Å². The van der Waals surface area contributed by atoms with E-state index in [-0.39, 0.29) is 29.3 Å². The average Bonchev–Trinajstić information content (AvgIpc) is 3.32. The molecular weight excluding hydrogens is 362 g/mol. The quantitative estimate of drug-likeness (QED) is 0.683. The molecule has 3 rings (SSSR count). The summed E-state index contributed by atoms with van der Waals surface area (Å²) in [4.78, 5) is 24.7. The van der Waals surface area contributed by atoms with Gasteiger partial charge in [-0.15, -0.1) is 0 Å². The smallest absolute Gasteiger partial charge is 0.333 e. The molecule has 142 valence electrons.